The second-order valence-corrected chi connectivity index (χ2v) is 5.61. The molecule has 1 aromatic carbocycles. The Morgan fingerprint density at radius 3 is 2.52 bits per heavy atom. The number of hydrogen-bond donors (Lipinski definition) is 1. The quantitative estimate of drug-likeness (QED) is 0.608. The molecule has 0 unspecified atom stereocenters. The summed E-state index contributed by atoms with van der Waals surface area (Å²) >= 11 is 3.31. The van der Waals surface area contributed by atoms with Crippen LogP contribution in [0.1, 0.15) is 23.0 Å². The summed E-state index contributed by atoms with van der Waals surface area (Å²) in [5.41, 5.74) is 1.11. The molecule has 0 aliphatic carbocycles. The highest BCUT2D eigenvalue weighted by Gasteiger charge is 2.25. The van der Waals surface area contributed by atoms with Crippen molar-refractivity contribution in [1.82, 2.24) is 5.16 Å². The minimum Gasteiger partial charge on any atom is -0.477 e. The van der Waals surface area contributed by atoms with Crippen LogP contribution in [-0.4, -0.2) is 22.0 Å². The molecule has 0 fully saturated rings. The van der Waals surface area contributed by atoms with Crippen molar-refractivity contribution < 1.29 is 19.2 Å². The molecule has 0 atom stereocenters. The lowest BCUT2D eigenvalue weighted by atomic mass is 10.0. The molecule has 0 radical (unpaired) electrons. The third-order valence-corrected chi connectivity index (χ3v) is 3.80. The normalized spacial score (nSPS) is 11.3. The Kier molecular flexibility index (Phi) is 5.28. The molecule has 1 N–H and O–H groups in total. The first kappa shape index (κ1) is 16.9. The second kappa shape index (κ2) is 7.19. The van der Waals surface area contributed by atoms with Crippen LogP contribution < -0.4 is 0 Å². The number of aromatic nitrogens is 1. The molecule has 0 spiro atoms. The Hall–Kier alpha value is -2.47. The Morgan fingerprint density at radius 2 is 2.00 bits per heavy atom. The van der Waals surface area contributed by atoms with Crippen molar-refractivity contribution in [3.63, 3.8) is 0 Å². The van der Waals surface area contributed by atoms with Crippen LogP contribution in [0.2, 0.25) is 0 Å². The zero-order chi connectivity index (χ0) is 17.0. The summed E-state index contributed by atoms with van der Waals surface area (Å²) in [5.74, 6) is -1.43. The Bertz CT molecular complexity index is 787. The summed E-state index contributed by atoms with van der Waals surface area (Å²) in [7, 11) is 0. The van der Waals surface area contributed by atoms with Gasteiger partial charge in [0.15, 0.2) is 11.5 Å². The molecule has 118 valence electrons. The first-order valence-electron chi connectivity index (χ1n) is 6.77. The van der Waals surface area contributed by atoms with Crippen LogP contribution >= 0.6 is 15.9 Å². The number of aromatic carboxylic acids is 1. The fourth-order valence-corrected chi connectivity index (χ4v) is 2.38. The molecule has 0 saturated heterocycles. The van der Waals surface area contributed by atoms with Crippen LogP contribution in [0.4, 0.5) is 0 Å². The zero-order valence-electron chi connectivity index (χ0n) is 12.4. The van der Waals surface area contributed by atoms with E-state index in [9.17, 15) is 14.7 Å². The minimum absolute atomic E-state index is 0.0293. The predicted molar refractivity (Wildman–Crippen MR) is 89.3 cm³/mol. The Labute approximate surface area is 141 Å². The number of hydrogen-bond acceptors (Lipinski definition) is 4. The second-order valence-electron chi connectivity index (χ2n) is 4.69. The molecule has 0 saturated carbocycles. The van der Waals surface area contributed by atoms with E-state index in [0.717, 1.165) is 4.47 Å². The number of nitrogens with zero attached hydrogens (tertiary/aromatic N) is 1. The van der Waals surface area contributed by atoms with Crippen molar-refractivity contribution in [2.75, 3.05) is 0 Å². The molecule has 1 aromatic heterocycles. The lowest BCUT2D eigenvalue weighted by Gasteiger charge is -2.01. The van der Waals surface area contributed by atoms with Crippen molar-refractivity contribution in [3.05, 3.63) is 64.4 Å². The average Bonchev–Trinajstić information content (AvgIpc) is 2.93. The van der Waals surface area contributed by atoms with Crippen LogP contribution in [0.5, 0.6) is 0 Å². The first-order valence-corrected chi connectivity index (χ1v) is 7.57. The van der Waals surface area contributed by atoms with E-state index in [1.807, 2.05) is 0 Å². The predicted octanol–water partition coefficient (Wildman–Crippen LogP) is 4.05. The average molecular weight is 376 g/mol. The topological polar surface area (TPSA) is 80.4 Å². The number of halogens is 1. The van der Waals surface area contributed by atoms with E-state index in [-0.39, 0.29) is 29.2 Å². The monoisotopic (exact) mass is 375 g/mol. The van der Waals surface area contributed by atoms with Crippen molar-refractivity contribution in [2.45, 2.75) is 13.3 Å². The lowest BCUT2D eigenvalue weighted by Crippen LogP contribution is -2.08. The molecule has 5 nitrogen and oxygen atoms in total. The number of carbonyl (C=O) groups is 2. The molecule has 0 bridgehead atoms. The molecule has 2 rings (SSSR count). The molecule has 0 aliphatic heterocycles. The lowest BCUT2D eigenvalue weighted by molar-refractivity contribution is -0.114. The number of carboxylic acid groups (broad SMARTS) is 1. The van der Waals surface area contributed by atoms with Crippen LogP contribution in [0, 0.1) is 0 Å². The highest BCUT2D eigenvalue weighted by atomic mass is 79.9. The summed E-state index contributed by atoms with van der Waals surface area (Å²) in [5, 5.41) is 13.3. The maximum Gasteiger partial charge on any atom is 0.341 e. The molecule has 23 heavy (non-hydrogen) atoms. The number of Topliss-reactive ketones (excluding diaryl/α,β-unsaturated/α-hetero) is 1. The number of carbonyl (C=O) groups excluding carboxylic acids is 1. The van der Waals surface area contributed by atoms with E-state index in [2.05, 4.69) is 27.7 Å². The largest absolute Gasteiger partial charge is 0.477 e. The van der Waals surface area contributed by atoms with Crippen LogP contribution in [0.25, 0.3) is 11.3 Å². The van der Waals surface area contributed by atoms with Gasteiger partial charge >= 0.3 is 5.97 Å². The molecule has 2 aromatic rings. The summed E-state index contributed by atoms with van der Waals surface area (Å²) in [6, 6.07) is 6.99. The maximum absolute atomic E-state index is 12.1. The fourth-order valence-electron chi connectivity index (χ4n) is 2.11. The molecule has 1 heterocycles. The first-order chi connectivity index (χ1) is 11.0. The molecular weight excluding hydrogens is 362 g/mol. The number of allylic oxidation sites excluding steroid dienone is 3. The van der Waals surface area contributed by atoms with E-state index < -0.39 is 5.97 Å². The standard InChI is InChI=1S/C17H14BrNO4/c1-3-10(4-2)13(20)9-14-15(17(21)22)16(19-23-14)11-5-7-12(18)8-6-11/h3-8H,1,9H2,2H3,(H,21,22)/b10-4+. The van der Waals surface area contributed by atoms with Gasteiger partial charge in [-0.1, -0.05) is 52.0 Å². The third kappa shape index (κ3) is 3.65. The van der Waals surface area contributed by atoms with Crippen LogP contribution in [0.3, 0.4) is 0 Å². The van der Waals surface area contributed by atoms with Gasteiger partial charge in [0.05, 0.1) is 6.42 Å². The van der Waals surface area contributed by atoms with Gasteiger partial charge in [-0.2, -0.15) is 0 Å². The molecule has 0 aliphatic rings. The third-order valence-electron chi connectivity index (χ3n) is 3.27. The van der Waals surface area contributed by atoms with E-state index in [0.29, 0.717) is 11.1 Å². The van der Waals surface area contributed by atoms with E-state index in [1.165, 1.54) is 6.08 Å². The smallest absolute Gasteiger partial charge is 0.341 e. The van der Waals surface area contributed by atoms with E-state index in [4.69, 9.17) is 4.52 Å². The van der Waals surface area contributed by atoms with Gasteiger partial charge < -0.3 is 9.63 Å². The van der Waals surface area contributed by atoms with Crippen molar-refractivity contribution in [1.29, 1.82) is 0 Å². The fraction of sp³-hybridized carbons (Fsp3) is 0.118. The summed E-state index contributed by atoms with van der Waals surface area (Å²) in [6.07, 6.45) is 2.85. The Morgan fingerprint density at radius 1 is 1.35 bits per heavy atom. The SMILES string of the molecule is C=C/C(=C\C)C(=O)Cc1onc(-c2ccc(Br)cc2)c1C(=O)O. The van der Waals surface area contributed by atoms with E-state index >= 15 is 0 Å². The van der Waals surface area contributed by atoms with Gasteiger partial charge in [0.2, 0.25) is 0 Å². The van der Waals surface area contributed by atoms with Gasteiger partial charge in [-0.15, -0.1) is 0 Å². The van der Waals surface area contributed by atoms with Gasteiger partial charge in [-0.25, -0.2) is 4.79 Å². The zero-order valence-corrected chi connectivity index (χ0v) is 14.0. The highest BCUT2D eigenvalue weighted by Crippen LogP contribution is 2.27. The Balaban J connectivity index is 2.43. The number of carboxylic acids is 1. The minimum atomic E-state index is -1.19. The van der Waals surface area contributed by atoms with Gasteiger partial charge in [-0.3, -0.25) is 4.79 Å². The summed E-state index contributed by atoms with van der Waals surface area (Å²) in [4.78, 5) is 23.7. The van der Waals surface area contributed by atoms with E-state index in [1.54, 1.807) is 37.3 Å². The van der Waals surface area contributed by atoms with Gasteiger partial charge in [-0.05, 0) is 19.1 Å². The summed E-state index contributed by atoms with van der Waals surface area (Å²) < 4.78 is 5.99. The number of rotatable bonds is 6. The molecule has 6 heteroatoms. The number of ketones is 1. The number of benzene rings is 1. The maximum atomic E-state index is 12.1. The highest BCUT2D eigenvalue weighted by molar-refractivity contribution is 9.10. The molecule has 0 amide bonds. The van der Waals surface area contributed by atoms with Crippen LogP contribution in [-0.2, 0) is 11.2 Å². The van der Waals surface area contributed by atoms with Crippen molar-refractivity contribution >= 4 is 27.7 Å². The van der Waals surface area contributed by atoms with Gasteiger partial charge in [0, 0.05) is 15.6 Å². The van der Waals surface area contributed by atoms with Gasteiger partial charge in [0.1, 0.15) is 11.3 Å². The summed E-state index contributed by atoms with van der Waals surface area (Å²) in [6.45, 7) is 5.27. The van der Waals surface area contributed by atoms with Crippen molar-refractivity contribution in [2.24, 2.45) is 0 Å². The van der Waals surface area contributed by atoms with Crippen LogP contribution in [0.15, 0.2) is 57.6 Å². The van der Waals surface area contributed by atoms with Gasteiger partial charge in [0.25, 0.3) is 0 Å². The van der Waals surface area contributed by atoms with Crippen molar-refractivity contribution in [3.8, 4) is 11.3 Å². The molecular formula is C17H14BrNO4.